The van der Waals surface area contributed by atoms with Crippen molar-refractivity contribution in [1.82, 2.24) is 29.1 Å². The molecule has 1 aromatic carbocycles. The molecule has 0 saturated heterocycles. The molecule has 0 aliphatic rings. The van der Waals surface area contributed by atoms with Gasteiger partial charge in [-0.25, -0.2) is 19.7 Å². The third-order valence-electron chi connectivity index (χ3n) is 3.65. The summed E-state index contributed by atoms with van der Waals surface area (Å²) in [5.41, 5.74) is 1.97. The lowest BCUT2D eigenvalue weighted by atomic mass is 10.2. The van der Waals surface area contributed by atoms with Crippen molar-refractivity contribution in [3.8, 4) is 5.75 Å². The second-order valence-electron chi connectivity index (χ2n) is 5.08. The highest BCUT2D eigenvalue weighted by molar-refractivity contribution is 9.10. The number of methoxy groups -OCH3 is 1. The maximum atomic E-state index is 12.7. The van der Waals surface area contributed by atoms with E-state index in [2.05, 4.69) is 36.0 Å². The summed E-state index contributed by atoms with van der Waals surface area (Å²) >= 11 is 3.30. The van der Waals surface area contributed by atoms with E-state index < -0.39 is 0 Å². The SMILES string of the molecule is COc1ccc(Cn2c(=O)n3ncnc3c3nc(Br)cnc32)cc1. The minimum absolute atomic E-state index is 0.317. The molecule has 8 nitrogen and oxygen atoms in total. The average molecular weight is 387 g/mol. The maximum absolute atomic E-state index is 12.7. The minimum Gasteiger partial charge on any atom is -0.497 e. The Morgan fingerprint density at radius 2 is 1.96 bits per heavy atom. The predicted molar refractivity (Wildman–Crippen MR) is 90.1 cm³/mol. The molecule has 0 spiro atoms. The van der Waals surface area contributed by atoms with E-state index in [-0.39, 0.29) is 5.69 Å². The molecule has 4 rings (SSSR count). The smallest absolute Gasteiger partial charge is 0.352 e. The largest absolute Gasteiger partial charge is 0.497 e. The summed E-state index contributed by atoms with van der Waals surface area (Å²) < 4.78 is 8.47. The standard InChI is InChI=1S/C15H11BrN6O2/c1-24-10-4-2-9(3-5-10)7-21-13-12(20-11(16)6-17-13)14-18-8-19-22(14)15(21)23/h2-6,8H,7H2,1H3. The second-order valence-corrected chi connectivity index (χ2v) is 5.89. The Morgan fingerprint density at radius 3 is 2.71 bits per heavy atom. The van der Waals surface area contributed by atoms with Gasteiger partial charge in [0.1, 0.15) is 16.7 Å². The first-order valence-electron chi connectivity index (χ1n) is 7.05. The van der Waals surface area contributed by atoms with Gasteiger partial charge in [-0.1, -0.05) is 12.1 Å². The van der Waals surface area contributed by atoms with Crippen molar-refractivity contribution in [3.63, 3.8) is 0 Å². The molecular weight excluding hydrogens is 376 g/mol. The molecule has 3 aromatic heterocycles. The quantitative estimate of drug-likeness (QED) is 0.531. The van der Waals surface area contributed by atoms with E-state index in [9.17, 15) is 4.79 Å². The lowest BCUT2D eigenvalue weighted by Crippen LogP contribution is -2.29. The number of hydrogen-bond acceptors (Lipinski definition) is 6. The van der Waals surface area contributed by atoms with Crippen molar-refractivity contribution in [3.05, 3.63) is 57.4 Å². The number of rotatable bonds is 3. The zero-order valence-electron chi connectivity index (χ0n) is 12.5. The fourth-order valence-corrected chi connectivity index (χ4v) is 2.79. The number of hydrogen-bond donors (Lipinski definition) is 0. The highest BCUT2D eigenvalue weighted by Gasteiger charge is 2.15. The summed E-state index contributed by atoms with van der Waals surface area (Å²) in [6, 6.07) is 7.49. The van der Waals surface area contributed by atoms with E-state index in [4.69, 9.17) is 4.74 Å². The fourth-order valence-electron chi connectivity index (χ4n) is 2.51. The van der Waals surface area contributed by atoms with Gasteiger partial charge in [0, 0.05) is 0 Å². The van der Waals surface area contributed by atoms with Gasteiger partial charge in [-0.3, -0.25) is 4.57 Å². The van der Waals surface area contributed by atoms with Gasteiger partial charge in [-0.15, -0.1) is 0 Å². The Morgan fingerprint density at radius 1 is 1.17 bits per heavy atom. The summed E-state index contributed by atoms with van der Waals surface area (Å²) in [7, 11) is 1.61. The predicted octanol–water partition coefficient (Wildman–Crippen LogP) is 1.65. The lowest BCUT2D eigenvalue weighted by molar-refractivity contribution is 0.414. The molecule has 3 heterocycles. The van der Waals surface area contributed by atoms with Crippen LogP contribution in [0.5, 0.6) is 5.75 Å². The van der Waals surface area contributed by atoms with Crippen LogP contribution in [0.3, 0.4) is 0 Å². The monoisotopic (exact) mass is 386 g/mol. The first kappa shape index (κ1) is 14.8. The average Bonchev–Trinajstić information content (AvgIpc) is 3.09. The molecule has 0 N–H and O–H groups in total. The van der Waals surface area contributed by atoms with Crippen molar-refractivity contribution in [2.75, 3.05) is 7.11 Å². The summed E-state index contributed by atoms with van der Waals surface area (Å²) in [5.74, 6) is 0.756. The van der Waals surface area contributed by atoms with Gasteiger partial charge in [0.25, 0.3) is 0 Å². The number of halogens is 1. The summed E-state index contributed by atoms with van der Waals surface area (Å²) in [5, 5.41) is 4.00. The number of benzene rings is 1. The van der Waals surface area contributed by atoms with Crippen LogP contribution in [0.4, 0.5) is 0 Å². The molecule has 0 aliphatic heterocycles. The zero-order valence-corrected chi connectivity index (χ0v) is 14.1. The van der Waals surface area contributed by atoms with Crippen molar-refractivity contribution >= 4 is 32.7 Å². The van der Waals surface area contributed by atoms with Crippen molar-refractivity contribution in [2.45, 2.75) is 6.54 Å². The van der Waals surface area contributed by atoms with Gasteiger partial charge in [-0.2, -0.15) is 9.61 Å². The Labute approximate surface area is 143 Å². The fraction of sp³-hybridized carbons (Fsp3) is 0.133. The normalized spacial score (nSPS) is 11.2. The van der Waals surface area contributed by atoms with Crippen LogP contribution in [0.2, 0.25) is 0 Å². The van der Waals surface area contributed by atoms with Gasteiger partial charge in [0.2, 0.25) is 0 Å². The number of fused-ring (bicyclic) bond motifs is 3. The van der Waals surface area contributed by atoms with Crippen LogP contribution in [0.15, 0.2) is 46.2 Å². The van der Waals surface area contributed by atoms with Gasteiger partial charge in [0.05, 0.1) is 19.9 Å². The third kappa shape index (κ3) is 2.33. The Bertz CT molecular complexity index is 1100. The molecule has 120 valence electrons. The topological polar surface area (TPSA) is 87.2 Å². The van der Waals surface area contributed by atoms with Crippen LogP contribution >= 0.6 is 15.9 Å². The molecule has 0 saturated carbocycles. The van der Waals surface area contributed by atoms with Crippen molar-refractivity contribution in [2.24, 2.45) is 0 Å². The van der Waals surface area contributed by atoms with Gasteiger partial charge >= 0.3 is 5.69 Å². The second kappa shape index (κ2) is 5.68. The molecule has 9 heteroatoms. The maximum Gasteiger partial charge on any atom is 0.352 e. The van der Waals surface area contributed by atoms with Crippen LogP contribution < -0.4 is 10.4 Å². The van der Waals surface area contributed by atoms with Gasteiger partial charge in [-0.05, 0) is 33.6 Å². The van der Waals surface area contributed by atoms with Crippen LogP contribution in [-0.4, -0.2) is 36.2 Å². The Balaban J connectivity index is 1.95. The molecular formula is C15H11BrN6O2. The first-order chi connectivity index (χ1) is 11.7. The molecule has 4 aromatic rings. The molecule has 0 fully saturated rings. The Hall–Kier alpha value is -2.81. The van der Waals surface area contributed by atoms with E-state index in [1.54, 1.807) is 13.3 Å². The third-order valence-corrected chi connectivity index (χ3v) is 4.03. The molecule has 0 atom stereocenters. The minimum atomic E-state index is -0.317. The van der Waals surface area contributed by atoms with Crippen LogP contribution in [-0.2, 0) is 6.54 Å². The summed E-state index contributed by atoms with van der Waals surface area (Å²) in [6.45, 7) is 0.339. The van der Waals surface area contributed by atoms with Crippen LogP contribution in [0.25, 0.3) is 16.8 Å². The van der Waals surface area contributed by atoms with Gasteiger partial charge in [0.15, 0.2) is 16.8 Å². The first-order valence-corrected chi connectivity index (χ1v) is 7.84. The lowest BCUT2D eigenvalue weighted by Gasteiger charge is -2.10. The van der Waals surface area contributed by atoms with Crippen molar-refractivity contribution in [1.29, 1.82) is 0 Å². The Kier molecular flexibility index (Phi) is 3.49. The molecule has 0 amide bonds. The van der Waals surface area contributed by atoms with Crippen LogP contribution in [0, 0.1) is 0 Å². The summed E-state index contributed by atoms with van der Waals surface area (Å²) in [6.07, 6.45) is 2.88. The van der Waals surface area contributed by atoms with Crippen LogP contribution in [0.1, 0.15) is 5.56 Å². The molecule has 0 bridgehead atoms. The summed E-state index contributed by atoms with van der Waals surface area (Å²) in [4.78, 5) is 25.6. The molecule has 24 heavy (non-hydrogen) atoms. The number of aromatic nitrogens is 6. The highest BCUT2D eigenvalue weighted by atomic mass is 79.9. The van der Waals surface area contributed by atoms with E-state index in [0.29, 0.717) is 28.0 Å². The van der Waals surface area contributed by atoms with Gasteiger partial charge < -0.3 is 4.74 Å². The molecule has 0 radical (unpaired) electrons. The number of nitrogens with zero attached hydrogens (tertiary/aromatic N) is 6. The zero-order chi connectivity index (χ0) is 16.7. The molecule has 0 unspecified atom stereocenters. The van der Waals surface area contributed by atoms with E-state index in [1.807, 2.05) is 24.3 Å². The van der Waals surface area contributed by atoms with Crippen molar-refractivity contribution < 1.29 is 4.74 Å². The number of ether oxygens (including phenoxy) is 1. The van der Waals surface area contributed by atoms with E-state index in [0.717, 1.165) is 11.3 Å². The van der Waals surface area contributed by atoms with E-state index >= 15 is 0 Å². The highest BCUT2D eigenvalue weighted by Crippen LogP contribution is 2.17. The van der Waals surface area contributed by atoms with E-state index in [1.165, 1.54) is 15.4 Å². The molecule has 0 aliphatic carbocycles.